The molecule has 1 aromatic carbocycles. The van der Waals surface area contributed by atoms with Crippen molar-refractivity contribution in [1.29, 1.82) is 0 Å². The monoisotopic (exact) mass is 286 g/mol. The summed E-state index contributed by atoms with van der Waals surface area (Å²) in [6.45, 7) is 4.00. The van der Waals surface area contributed by atoms with Crippen LogP contribution in [0.15, 0.2) is 24.3 Å². The van der Waals surface area contributed by atoms with Gasteiger partial charge in [-0.05, 0) is 31.0 Å². The second-order valence-electron chi connectivity index (χ2n) is 4.04. The summed E-state index contributed by atoms with van der Waals surface area (Å²) in [6.07, 6.45) is -0.716. The van der Waals surface area contributed by atoms with Crippen molar-refractivity contribution < 1.29 is 5.11 Å². The maximum Gasteiger partial charge on any atom is 0.107 e. The quantitative estimate of drug-likeness (QED) is 0.844. The van der Waals surface area contributed by atoms with Crippen LogP contribution >= 0.6 is 34.5 Å². The largest absolute Gasteiger partial charge is 0.384 e. The first-order valence-electron chi connectivity index (χ1n) is 5.19. The van der Waals surface area contributed by atoms with Crippen molar-refractivity contribution in [2.45, 2.75) is 20.0 Å². The average Bonchev–Trinajstić information content (AvgIpc) is 2.57. The molecule has 17 heavy (non-hydrogen) atoms. The minimum Gasteiger partial charge on any atom is -0.384 e. The van der Waals surface area contributed by atoms with Crippen molar-refractivity contribution in [2.24, 2.45) is 0 Å². The Balaban J connectivity index is 2.43. The molecule has 0 aliphatic rings. The van der Waals surface area contributed by atoms with Gasteiger partial charge in [0, 0.05) is 5.56 Å². The van der Waals surface area contributed by atoms with Crippen molar-refractivity contribution >= 4 is 34.5 Å². The highest BCUT2D eigenvalue weighted by Crippen LogP contribution is 2.38. The van der Waals surface area contributed by atoms with Gasteiger partial charge in [0.1, 0.15) is 10.4 Å². The Kier molecular flexibility index (Phi) is 3.79. The number of aliphatic hydroxyl groups is 1. The Hall–Kier alpha value is -0.540. The van der Waals surface area contributed by atoms with Gasteiger partial charge in [-0.1, -0.05) is 47.0 Å². The van der Waals surface area contributed by atoms with Crippen LogP contribution in [0.4, 0.5) is 0 Å². The molecule has 0 bridgehead atoms. The molecule has 0 radical (unpaired) electrons. The second-order valence-corrected chi connectivity index (χ2v) is 6.33. The normalized spacial score (nSPS) is 12.8. The molecule has 4 heteroatoms. The van der Waals surface area contributed by atoms with Crippen molar-refractivity contribution in [1.82, 2.24) is 0 Å². The van der Waals surface area contributed by atoms with Gasteiger partial charge in [-0.3, -0.25) is 0 Å². The fourth-order valence-corrected chi connectivity index (χ4v) is 3.36. The summed E-state index contributed by atoms with van der Waals surface area (Å²) in [4.78, 5) is 0. The van der Waals surface area contributed by atoms with Gasteiger partial charge < -0.3 is 5.11 Å². The lowest BCUT2D eigenvalue weighted by Gasteiger charge is -2.13. The van der Waals surface area contributed by atoms with E-state index in [9.17, 15) is 5.11 Å². The number of aryl methyl sites for hydroxylation is 2. The lowest BCUT2D eigenvalue weighted by Crippen LogP contribution is -2.01. The molecule has 0 saturated heterocycles. The number of hydrogen-bond acceptors (Lipinski definition) is 2. The Morgan fingerprint density at radius 3 is 2.35 bits per heavy atom. The number of rotatable bonds is 2. The number of thiophene rings is 1. The van der Waals surface area contributed by atoms with E-state index in [0.717, 1.165) is 11.1 Å². The highest BCUT2D eigenvalue weighted by molar-refractivity contribution is 7.20. The SMILES string of the molecule is Cc1ccc(C(O)c2cc(Cl)sc2Cl)c(C)c1. The van der Waals surface area contributed by atoms with Crippen LogP contribution < -0.4 is 0 Å². The molecule has 1 unspecified atom stereocenters. The molecule has 1 atom stereocenters. The zero-order valence-corrected chi connectivity index (χ0v) is 11.8. The van der Waals surface area contributed by atoms with Gasteiger partial charge in [-0.15, -0.1) is 11.3 Å². The Morgan fingerprint density at radius 2 is 1.82 bits per heavy atom. The predicted octanol–water partition coefficient (Wildman–Crippen LogP) is 4.75. The van der Waals surface area contributed by atoms with Crippen LogP contribution in [0, 0.1) is 13.8 Å². The third-order valence-electron chi connectivity index (χ3n) is 2.70. The second kappa shape index (κ2) is 4.99. The summed E-state index contributed by atoms with van der Waals surface area (Å²) in [5.74, 6) is 0. The molecule has 1 aromatic heterocycles. The molecule has 2 rings (SSSR count). The van der Waals surface area contributed by atoms with Gasteiger partial charge in [-0.2, -0.15) is 0 Å². The molecule has 1 heterocycles. The molecule has 2 aromatic rings. The standard InChI is InChI=1S/C13H12Cl2OS/c1-7-3-4-9(8(2)5-7)12(16)10-6-11(14)17-13(10)15/h3-6,12,16H,1-2H3. The van der Waals surface area contributed by atoms with E-state index in [0.29, 0.717) is 14.2 Å². The van der Waals surface area contributed by atoms with Gasteiger partial charge in [0.05, 0.1) is 4.34 Å². The molecule has 1 nitrogen and oxygen atoms in total. The molecular weight excluding hydrogens is 275 g/mol. The molecule has 0 amide bonds. The van der Waals surface area contributed by atoms with Gasteiger partial charge in [0.2, 0.25) is 0 Å². The number of benzene rings is 1. The van der Waals surface area contributed by atoms with Crippen LogP contribution in [0.5, 0.6) is 0 Å². The average molecular weight is 287 g/mol. The third-order valence-corrected chi connectivity index (χ3v) is 4.22. The number of aliphatic hydroxyl groups excluding tert-OH is 1. The highest BCUT2D eigenvalue weighted by atomic mass is 35.5. The summed E-state index contributed by atoms with van der Waals surface area (Å²) >= 11 is 13.2. The fourth-order valence-electron chi connectivity index (χ4n) is 1.84. The van der Waals surface area contributed by atoms with Crippen molar-refractivity contribution in [3.63, 3.8) is 0 Å². The van der Waals surface area contributed by atoms with Gasteiger partial charge >= 0.3 is 0 Å². The van der Waals surface area contributed by atoms with E-state index < -0.39 is 6.10 Å². The van der Waals surface area contributed by atoms with Gasteiger partial charge in [0.15, 0.2) is 0 Å². The van der Waals surface area contributed by atoms with E-state index in [1.54, 1.807) is 6.07 Å². The molecule has 0 aliphatic carbocycles. The predicted molar refractivity (Wildman–Crippen MR) is 74.3 cm³/mol. The Bertz CT molecular complexity index is 548. The maximum atomic E-state index is 10.3. The summed E-state index contributed by atoms with van der Waals surface area (Å²) in [5.41, 5.74) is 3.77. The molecule has 1 N–H and O–H groups in total. The molecular formula is C13H12Cl2OS. The summed E-state index contributed by atoms with van der Waals surface area (Å²) in [6, 6.07) is 7.67. The van der Waals surface area contributed by atoms with Gasteiger partial charge in [0.25, 0.3) is 0 Å². The Labute approximate surface area is 115 Å². The lowest BCUT2D eigenvalue weighted by molar-refractivity contribution is 0.220. The third kappa shape index (κ3) is 2.66. The van der Waals surface area contributed by atoms with E-state index in [-0.39, 0.29) is 0 Å². The summed E-state index contributed by atoms with van der Waals surface area (Å²) < 4.78 is 1.14. The van der Waals surface area contributed by atoms with Crippen LogP contribution in [-0.2, 0) is 0 Å². The van der Waals surface area contributed by atoms with Crippen LogP contribution in [0.2, 0.25) is 8.67 Å². The van der Waals surface area contributed by atoms with E-state index in [2.05, 4.69) is 0 Å². The Morgan fingerprint density at radius 1 is 1.12 bits per heavy atom. The molecule has 0 fully saturated rings. The first-order valence-corrected chi connectivity index (χ1v) is 6.76. The first-order chi connectivity index (χ1) is 7.99. The van der Waals surface area contributed by atoms with Crippen molar-refractivity contribution in [3.05, 3.63) is 55.2 Å². The molecule has 0 saturated carbocycles. The zero-order valence-electron chi connectivity index (χ0n) is 9.50. The maximum absolute atomic E-state index is 10.3. The van der Waals surface area contributed by atoms with Crippen LogP contribution in [0.3, 0.4) is 0 Å². The highest BCUT2D eigenvalue weighted by Gasteiger charge is 2.18. The number of halogens is 2. The topological polar surface area (TPSA) is 20.2 Å². The first kappa shape index (κ1) is 12.9. The summed E-state index contributed by atoms with van der Waals surface area (Å²) in [5, 5.41) is 10.3. The summed E-state index contributed by atoms with van der Waals surface area (Å²) in [7, 11) is 0. The minimum atomic E-state index is -0.716. The van der Waals surface area contributed by atoms with E-state index in [1.807, 2.05) is 32.0 Å². The number of hydrogen-bond donors (Lipinski definition) is 1. The van der Waals surface area contributed by atoms with Crippen molar-refractivity contribution in [2.75, 3.05) is 0 Å². The molecule has 90 valence electrons. The van der Waals surface area contributed by atoms with E-state index in [4.69, 9.17) is 23.2 Å². The van der Waals surface area contributed by atoms with Crippen molar-refractivity contribution in [3.8, 4) is 0 Å². The molecule has 0 spiro atoms. The van der Waals surface area contributed by atoms with E-state index >= 15 is 0 Å². The fraction of sp³-hybridized carbons (Fsp3) is 0.231. The van der Waals surface area contributed by atoms with E-state index in [1.165, 1.54) is 16.9 Å². The minimum absolute atomic E-state index is 0.544. The van der Waals surface area contributed by atoms with Crippen LogP contribution in [-0.4, -0.2) is 5.11 Å². The lowest BCUT2D eigenvalue weighted by atomic mass is 9.98. The molecule has 0 aliphatic heterocycles. The van der Waals surface area contributed by atoms with Crippen LogP contribution in [0.1, 0.15) is 28.4 Å². The van der Waals surface area contributed by atoms with Crippen LogP contribution in [0.25, 0.3) is 0 Å². The van der Waals surface area contributed by atoms with Gasteiger partial charge in [-0.25, -0.2) is 0 Å². The smallest absolute Gasteiger partial charge is 0.107 e. The zero-order chi connectivity index (χ0) is 12.6.